The number of dihydropyridines is 1. The monoisotopic (exact) mass is 408 g/mol. The zero-order valence-corrected chi connectivity index (χ0v) is 20.2. The third kappa shape index (κ3) is 4.26. The molecule has 5 nitrogen and oxygen atoms in total. The number of ether oxygens (including phenoxy) is 2. The summed E-state index contributed by atoms with van der Waals surface area (Å²) in [5, 5.41) is 13.2. The molecule has 136 valence electrons. The van der Waals surface area contributed by atoms with Crippen LogP contribution < -0.4 is 66.2 Å². The number of ketones is 1. The molecule has 1 aliphatic heterocycles. The van der Waals surface area contributed by atoms with E-state index in [0.29, 0.717) is 34.1 Å². The average molecular weight is 409 g/mol. The van der Waals surface area contributed by atoms with Crippen LogP contribution in [0.4, 0.5) is 0 Å². The zero-order valence-electron chi connectivity index (χ0n) is 16.3. The van der Waals surface area contributed by atoms with Gasteiger partial charge in [0.1, 0.15) is 0 Å². The van der Waals surface area contributed by atoms with Gasteiger partial charge in [-0.2, -0.15) is 5.26 Å². The number of Topliss-reactive ketones (excluding diaryl/α,β-unsaturated/α-hetero) is 1. The molecule has 2 aliphatic rings. The molecule has 0 radical (unpaired) electrons. The number of hydrogen-bond acceptors (Lipinski definition) is 6. The molecule has 0 bridgehead atoms. The Kier molecular flexibility index (Phi) is 7.17. The van der Waals surface area contributed by atoms with Crippen molar-refractivity contribution in [3.63, 3.8) is 0 Å². The maximum Gasteiger partial charge on any atom is 1.00 e. The number of nitrogens with one attached hydrogen (secondary N) is 1. The van der Waals surface area contributed by atoms with Gasteiger partial charge in [-0.1, -0.05) is 24.9 Å². The van der Waals surface area contributed by atoms with Gasteiger partial charge in [-0.05, 0) is 29.5 Å². The summed E-state index contributed by atoms with van der Waals surface area (Å²) >= 11 is 5.42. The number of hydrogen-bond donors (Lipinski definition) is 1. The van der Waals surface area contributed by atoms with E-state index in [4.69, 9.17) is 22.1 Å². The van der Waals surface area contributed by atoms with Crippen molar-refractivity contribution in [2.24, 2.45) is 5.41 Å². The Morgan fingerprint density at radius 1 is 1.22 bits per heavy atom. The number of benzene rings is 1. The number of allylic oxidation sites excluding steroid dienone is 3. The van der Waals surface area contributed by atoms with Crippen LogP contribution in [-0.4, -0.2) is 20.0 Å². The molecule has 1 aromatic rings. The average Bonchev–Trinajstić information content (AvgIpc) is 2.58. The fourth-order valence-electron chi connectivity index (χ4n) is 3.74. The van der Waals surface area contributed by atoms with Crippen LogP contribution in [0.15, 0.2) is 40.1 Å². The van der Waals surface area contributed by atoms with Crippen molar-refractivity contribution in [2.45, 2.75) is 32.6 Å². The van der Waals surface area contributed by atoms with Crippen molar-refractivity contribution < 1.29 is 65.7 Å². The molecule has 1 aromatic carbocycles. The second kappa shape index (κ2) is 8.64. The van der Waals surface area contributed by atoms with Gasteiger partial charge in [-0.3, -0.25) is 4.79 Å². The first-order chi connectivity index (χ1) is 12.3. The Balaban J connectivity index is 0.00000261. The fourth-order valence-corrected chi connectivity index (χ4v) is 4.03. The first kappa shape index (κ1) is 22.4. The molecule has 1 atom stereocenters. The largest absolute Gasteiger partial charge is 1.00 e. The first-order valence-electron chi connectivity index (χ1n) is 8.37. The van der Waals surface area contributed by atoms with Crippen LogP contribution in [0.25, 0.3) is 0 Å². The molecular formula is C20H21KN2O3S. The van der Waals surface area contributed by atoms with Gasteiger partial charge in [0.15, 0.2) is 17.3 Å². The van der Waals surface area contributed by atoms with E-state index in [2.05, 4.69) is 25.2 Å². The van der Waals surface area contributed by atoms with Crippen molar-refractivity contribution in [2.75, 3.05) is 14.2 Å². The van der Waals surface area contributed by atoms with Crippen LogP contribution in [0.2, 0.25) is 0 Å². The number of carbonyl (C=O) groups excluding carboxylic acids is 1. The maximum atomic E-state index is 13.0. The molecule has 0 aromatic heterocycles. The third-order valence-electron chi connectivity index (χ3n) is 4.87. The van der Waals surface area contributed by atoms with Gasteiger partial charge in [0.05, 0.1) is 20.3 Å². The zero-order chi connectivity index (χ0) is 19.1. The standard InChI is InChI=1S/C20H22N2O3S.K/c1-20(2)8-13-18(14(23)9-20)17(12(10-21)19(26)22-13)11-5-6-15(24-3)16(7-11)25-4;/h5-7,17,22,26H,8-9H2,1-4H3;/q;+1/p-1. The molecule has 1 N–H and O–H groups in total. The predicted molar refractivity (Wildman–Crippen MR) is 100 cm³/mol. The Morgan fingerprint density at radius 2 is 1.89 bits per heavy atom. The molecule has 1 heterocycles. The smallest absolute Gasteiger partial charge is 0.761 e. The van der Waals surface area contributed by atoms with Crippen LogP contribution in [0.5, 0.6) is 11.5 Å². The minimum atomic E-state index is -0.479. The number of rotatable bonds is 3. The van der Waals surface area contributed by atoms with E-state index in [9.17, 15) is 10.1 Å². The van der Waals surface area contributed by atoms with Crippen molar-refractivity contribution in [3.8, 4) is 17.6 Å². The first-order valence-corrected chi connectivity index (χ1v) is 8.78. The molecule has 0 saturated heterocycles. The topological polar surface area (TPSA) is 71.3 Å². The van der Waals surface area contributed by atoms with Gasteiger partial charge in [-0.25, -0.2) is 0 Å². The van der Waals surface area contributed by atoms with Gasteiger partial charge >= 0.3 is 51.4 Å². The number of nitriles is 1. The fraction of sp³-hybridized carbons (Fsp3) is 0.400. The minimum absolute atomic E-state index is 0. The number of nitrogens with zero attached hydrogens (tertiary/aromatic N) is 1. The summed E-state index contributed by atoms with van der Waals surface area (Å²) in [6.07, 6.45) is 1.17. The number of carbonyl (C=O) groups is 1. The van der Waals surface area contributed by atoms with Crippen LogP contribution in [0, 0.1) is 16.7 Å². The molecule has 1 unspecified atom stereocenters. The Bertz CT molecular complexity index is 884. The van der Waals surface area contributed by atoms with Crippen molar-refractivity contribution in [1.29, 1.82) is 5.26 Å². The summed E-state index contributed by atoms with van der Waals surface area (Å²) < 4.78 is 10.7. The Morgan fingerprint density at radius 3 is 2.48 bits per heavy atom. The van der Waals surface area contributed by atoms with E-state index in [1.165, 1.54) is 0 Å². The minimum Gasteiger partial charge on any atom is -0.761 e. The van der Waals surface area contributed by atoms with Gasteiger partial charge in [0.2, 0.25) is 0 Å². The van der Waals surface area contributed by atoms with E-state index >= 15 is 0 Å². The van der Waals surface area contributed by atoms with Gasteiger partial charge in [0.25, 0.3) is 0 Å². The van der Waals surface area contributed by atoms with Crippen molar-refractivity contribution >= 4 is 18.4 Å². The predicted octanol–water partition coefficient (Wildman–Crippen LogP) is 0.320. The maximum absolute atomic E-state index is 13.0. The Labute approximate surface area is 208 Å². The molecule has 1 aliphatic carbocycles. The molecule has 0 fully saturated rings. The van der Waals surface area contributed by atoms with E-state index in [1.807, 2.05) is 12.1 Å². The van der Waals surface area contributed by atoms with E-state index in [0.717, 1.165) is 17.7 Å². The summed E-state index contributed by atoms with van der Waals surface area (Å²) in [5.41, 5.74) is 2.52. The van der Waals surface area contributed by atoms with E-state index in [1.54, 1.807) is 20.3 Å². The molecule has 7 heteroatoms. The van der Waals surface area contributed by atoms with Gasteiger partial charge < -0.3 is 27.4 Å². The summed E-state index contributed by atoms with van der Waals surface area (Å²) in [5.74, 6) is 0.722. The normalized spacial score (nSPS) is 20.9. The second-order valence-electron chi connectivity index (χ2n) is 7.36. The second-order valence-corrected chi connectivity index (χ2v) is 7.77. The van der Waals surface area contributed by atoms with E-state index in [-0.39, 0.29) is 62.6 Å². The van der Waals surface area contributed by atoms with Crippen LogP contribution in [0.1, 0.15) is 38.2 Å². The molecule has 0 saturated carbocycles. The van der Waals surface area contributed by atoms with Gasteiger partial charge in [-0.15, -0.1) is 0 Å². The van der Waals surface area contributed by atoms with Crippen LogP contribution >= 0.6 is 0 Å². The summed E-state index contributed by atoms with van der Waals surface area (Å²) in [7, 11) is 3.12. The molecule has 27 heavy (non-hydrogen) atoms. The summed E-state index contributed by atoms with van der Waals surface area (Å²) in [6, 6.07) is 7.65. The van der Waals surface area contributed by atoms with Crippen molar-refractivity contribution in [3.05, 3.63) is 45.6 Å². The van der Waals surface area contributed by atoms with Gasteiger partial charge in [0, 0.05) is 29.2 Å². The molecule has 0 spiro atoms. The van der Waals surface area contributed by atoms with E-state index < -0.39 is 5.92 Å². The van der Waals surface area contributed by atoms with Crippen molar-refractivity contribution in [1.82, 2.24) is 5.32 Å². The summed E-state index contributed by atoms with van der Waals surface area (Å²) in [4.78, 5) is 13.0. The quantitative estimate of drug-likeness (QED) is 0.574. The third-order valence-corrected chi connectivity index (χ3v) is 5.19. The molecule has 3 rings (SSSR count). The van der Waals surface area contributed by atoms with Crippen LogP contribution in [0.3, 0.4) is 0 Å². The summed E-state index contributed by atoms with van der Waals surface area (Å²) in [6.45, 7) is 4.13. The number of methoxy groups -OCH3 is 2. The molecular weight excluding hydrogens is 387 g/mol. The Hall–Kier alpha value is -0.884. The van der Waals surface area contributed by atoms with Crippen LogP contribution in [-0.2, 0) is 17.4 Å². The SMILES string of the molecule is COc1ccc(C2C(C#N)=C([S-])NC3=C2C(=O)CC(C)(C)C3)cc1OC.[K+]. The molecule has 0 amide bonds.